The highest BCUT2D eigenvalue weighted by molar-refractivity contribution is 7.92. The molecule has 14 heteroatoms. The minimum absolute atomic E-state index is 0.00954. The highest BCUT2D eigenvalue weighted by Crippen LogP contribution is 2.48. The molecule has 0 radical (unpaired) electrons. The Balaban J connectivity index is 1.24. The maximum Gasteiger partial charge on any atom is 0.411 e. The molecule has 1 aliphatic carbocycles. The van der Waals surface area contributed by atoms with E-state index >= 15 is 0 Å². The van der Waals surface area contributed by atoms with Gasteiger partial charge in [-0.2, -0.15) is 0 Å². The summed E-state index contributed by atoms with van der Waals surface area (Å²) in [4.78, 5) is 36.0. The average Bonchev–Trinajstić information content (AvgIpc) is 3.82. The van der Waals surface area contributed by atoms with E-state index < -0.39 is 27.8 Å². The molecule has 4 aromatic rings. The van der Waals surface area contributed by atoms with Gasteiger partial charge in [0.2, 0.25) is 10.0 Å². The van der Waals surface area contributed by atoms with E-state index in [1.165, 1.54) is 41.6 Å². The smallest absolute Gasteiger partial charge is 0.411 e. The van der Waals surface area contributed by atoms with E-state index in [0.717, 1.165) is 24.7 Å². The second-order valence-electron chi connectivity index (χ2n) is 11.6. The first kappa shape index (κ1) is 35.7. The summed E-state index contributed by atoms with van der Waals surface area (Å²) >= 11 is 0. The minimum Gasteiger partial charge on any atom is -0.465 e. The van der Waals surface area contributed by atoms with Crippen molar-refractivity contribution in [2.45, 2.75) is 32.3 Å². The summed E-state index contributed by atoms with van der Waals surface area (Å²) in [5, 5.41) is 11.4. The van der Waals surface area contributed by atoms with Crippen LogP contribution in [0.25, 0.3) is 22.3 Å². The summed E-state index contributed by atoms with van der Waals surface area (Å²) in [7, 11) is -3.80. The maximum atomic E-state index is 13.7. The number of amides is 2. The van der Waals surface area contributed by atoms with Gasteiger partial charge in [0.15, 0.2) is 5.78 Å². The molecule has 1 aromatic heterocycles. The molecule has 49 heavy (non-hydrogen) atoms. The zero-order valence-electron chi connectivity index (χ0n) is 27.1. The Morgan fingerprint density at radius 2 is 1.63 bits per heavy atom. The Kier molecular flexibility index (Phi) is 11.4. The molecule has 2 N–H and O–H groups in total. The van der Waals surface area contributed by atoms with Gasteiger partial charge in [-0.1, -0.05) is 18.2 Å². The van der Waals surface area contributed by atoms with Gasteiger partial charge in [0, 0.05) is 22.6 Å². The zero-order valence-corrected chi connectivity index (χ0v) is 27.9. The fourth-order valence-corrected chi connectivity index (χ4v) is 6.32. The fraction of sp³-hybridized carbons (Fsp3) is 0.343. The number of ketones is 1. The molecule has 1 saturated carbocycles. The normalized spacial score (nSPS) is 13.0. The Hall–Kier alpha value is -4.63. The standard InChI is InChI=1S/C35H37FN2O10S/c1-22(39)26-5-3-4-23(18-26)21-47-17-16-46-15-14-45-13-12-38(49(2,43)44)30-20-31-29(19-28(30)24-6-7-24)32(34(40)37-35(41)42)33(48-31)25-8-10-27(36)11-9-25/h3-5,8-11,18-20,24H,6-7,12-17,21H2,1-2H3,(H,37,40)(H,41,42). The lowest BCUT2D eigenvalue weighted by Gasteiger charge is -2.25. The van der Waals surface area contributed by atoms with Crippen LogP contribution in [0.3, 0.4) is 0 Å². The molecule has 3 aromatic carbocycles. The molecule has 12 nitrogen and oxygen atoms in total. The fourth-order valence-electron chi connectivity index (χ4n) is 5.40. The molecule has 5 rings (SSSR count). The summed E-state index contributed by atoms with van der Waals surface area (Å²) in [6.45, 7) is 3.06. The zero-order chi connectivity index (χ0) is 35.1. The van der Waals surface area contributed by atoms with Crippen molar-refractivity contribution >= 4 is 44.5 Å². The molecular formula is C35H37FN2O10S. The number of sulfonamides is 1. The molecule has 1 aliphatic rings. The van der Waals surface area contributed by atoms with Crippen LogP contribution in [0.15, 0.2) is 65.1 Å². The number of halogens is 1. The van der Waals surface area contributed by atoms with Gasteiger partial charge in [-0.15, -0.1) is 0 Å². The number of nitrogens with zero attached hydrogens (tertiary/aromatic N) is 1. The van der Waals surface area contributed by atoms with Gasteiger partial charge < -0.3 is 23.7 Å². The average molecular weight is 697 g/mol. The number of imide groups is 1. The van der Waals surface area contributed by atoms with Gasteiger partial charge >= 0.3 is 6.09 Å². The third-order valence-electron chi connectivity index (χ3n) is 7.86. The summed E-state index contributed by atoms with van der Waals surface area (Å²) < 4.78 is 63.9. The Morgan fingerprint density at radius 1 is 0.959 bits per heavy atom. The summed E-state index contributed by atoms with van der Waals surface area (Å²) in [6, 6.07) is 15.6. The van der Waals surface area contributed by atoms with Crippen molar-refractivity contribution < 1.29 is 50.9 Å². The molecule has 260 valence electrons. The van der Waals surface area contributed by atoms with Gasteiger partial charge in [-0.05, 0) is 73.2 Å². The molecule has 1 heterocycles. The molecule has 0 atom stereocenters. The molecule has 0 unspecified atom stereocenters. The van der Waals surface area contributed by atoms with Gasteiger partial charge in [0.1, 0.15) is 17.2 Å². The molecule has 0 spiro atoms. The summed E-state index contributed by atoms with van der Waals surface area (Å²) in [5.74, 6) is -1.40. The number of benzene rings is 3. The van der Waals surface area contributed by atoms with E-state index in [9.17, 15) is 32.3 Å². The van der Waals surface area contributed by atoms with Crippen LogP contribution in [0.5, 0.6) is 0 Å². The number of Topliss-reactive ketones (excluding diaryl/α,β-unsaturated/α-hetero) is 1. The number of carbonyl (C=O) groups is 3. The lowest BCUT2D eigenvalue weighted by Crippen LogP contribution is -2.34. The quantitative estimate of drug-likeness (QED) is 0.103. The third-order valence-corrected chi connectivity index (χ3v) is 9.04. The Labute approximate surface area is 282 Å². The highest BCUT2D eigenvalue weighted by atomic mass is 32.2. The number of furan rings is 1. The number of anilines is 1. The Bertz CT molecular complexity index is 1940. The first-order valence-corrected chi connectivity index (χ1v) is 17.5. The second kappa shape index (κ2) is 15.7. The van der Waals surface area contributed by atoms with Gasteiger partial charge in [-0.25, -0.2) is 17.6 Å². The maximum absolute atomic E-state index is 13.7. The van der Waals surface area contributed by atoms with E-state index in [1.54, 1.807) is 18.2 Å². The first-order valence-electron chi connectivity index (χ1n) is 15.6. The molecular weight excluding hydrogens is 659 g/mol. The van der Waals surface area contributed by atoms with Crippen molar-refractivity contribution in [3.8, 4) is 11.3 Å². The van der Waals surface area contributed by atoms with Crippen LogP contribution < -0.4 is 9.62 Å². The van der Waals surface area contributed by atoms with E-state index in [0.29, 0.717) is 47.6 Å². The number of hydrogen-bond acceptors (Lipinski definition) is 9. The largest absolute Gasteiger partial charge is 0.465 e. The van der Waals surface area contributed by atoms with Crippen molar-refractivity contribution in [1.82, 2.24) is 5.32 Å². The highest BCUT2D eigenvalue weighted by Gasteiger charge is 2.33. The molecule has 0 bridgehead atoms. The molecule has 2 amide bonds. The first-order chi connectivity index (χ1) is 23.4. The number of nitrogens with one attached hydrogen (secondary N) is 1. The topological polar surface area (TPSA) is 162 Å². The molecule has 1 fully saturated rings. The van der Waals surface area contributed by atoms with Crippen LogP contribution in [0.2, 0.25) is 0 Å². The predicted octanol–water partition coefficient (Wildman–Crippen LogP) is 5.74. The van der Waals surface area contributed by atoms with Gasteiger partial charge in [0.05, 0.1) is 63.7 Å². The predicted molar refractivity (Wildman–Crippen MR) is 179 cm³/mol. The SMILES string of the molecule is CC(=O)c1cccc(COCCOCCOCCN(c2cc3oc(-c4ccc(F)cc4)c(C(=O)NC(=O)O)c3cc2C2CC2)S(C)(=O)=O)c1. The van der Waals surface area contributed by atoms with Crippen molar-refractivity contribution in [2.75, 3.05) is 50.1 Å². The van der Waals surface area contributed by atoms with Crippen LogP contribution in [-0.2, 0) is 30.8 Å². The van der Waals surface area contributed by atoms with Gasteiger partial charge in [0.25, 0.3) is 5.91 Å². The number of carbonyl (C=O) groups excluding carboxylic acids is 2. The number of rotatable bonds is 17. The lowest BCUT2D eigenvalue weighted by molar-refractivity contribution is 0.0120. The van der Waals surface area contributed by atoms with E-state index in [1.807, 2.05) is 17.4 Å². The van der Waals surface area contributed by atoms with E-state index in [4.69, 9.17) is 18.6 Å². The van der Waals surface area contributed by atoms with Crippen LogP contribution in [0.1, 0.15) is 57.5 Å². The van der Waals surface area contributed by atoms with Gasteiger partial charge in [-0.3, -0.25) is 19.2 Å². The number of hydrogen-bond donors (Lipinski definition) is 2. The number of carboxylic acid groups (broad SMARTS) is 1. The second-order valence-corrected chi connectivity index (χ2v) is 13.5. The van der Waals surface area contributed by atoms with Crippen LogP contribution >= 0.6 is 0 Å². The monoisotopic (exact) mass is 696 g/mol. The minimum atomic E-state index is -3.80. The van der Waals surface area contributed by atoms with Crippen LogP contribution in [-0.4, -0.2) is 77.1 Å². The van der Waals surface area contributed by atoms with Crippen LogP contribution in [0.4, 0.5) is 14.9 Å². The summed E-state index contributed by atoms with van der Waals surface area (Å²) in [5.41, 5.74) is 2.99. The van der Waals surface area contributed by atoms with Crippen molar-refractivity contribution in [2.24, 2.45) is 0 Å². The van der Waals surface area contributed by atoms with Crippen molar-refractivity contribution in [3.63, 3.8) is 0 Å². The number of fused-ring (bicyclic) bond motifs is 1. The summed E-state index contributed by atoms with van der Waals surface area (Å²) in [6.07, 6.45) is 1.14. The van der Waals surface area contributed by atoms with E-state index in [2.05, 4.69) is 0 Å². The number of ether oxygens (including phenoxy) is 3. The Morgan fingerprint density at radius 3 is 2.27 bits per heavy atom. The third kappa shape index (κ3) is 9.29. The molecule has 0 saturated heterocycles. The van der Waals surface area contributed by atoms with Crippen molar-refractivity contribution in [1.29, 1.82) is 0 Å². The van der Waals surface area contributed by atoms with Crippen molar-refractivity contribution in [3.05, 3.63) is 88.7 Å². The van der Waals surface area contributed by atoms with E-state index in [-0.39, 0.29) is 55.0 Å². The lowest BCUT2D eigenvalue weighted by atomic mass is 10.0. The molecule has 0 aliphatic heterocycles. The van der Waals surface area contributed by atoms with Crippen LogP contribution in [0, 0.1) is 5.82 Å².